The Morgan fingerprint density at radius 2 is 2.07 bits per heavy atom. The number of ether oxygens (including phenoxy) is 2. The van der Waals surface area contributed by atoms with Crippen LogP contribution < -0.4 is 9.47 Å². The molecule has 1 fully saturated rings. The van der Waals surface area contributed by atoms with E-state index in [4.69, 9.17) is 13.9 Å². The highest BCUT2D eigenvalue weighted by Gasteiger charge is 2.25. The highest BCUT2D eigenvalue weighted by molar-refractivity contribution is 5.77. The van der Waals surface area contributed by atoms with Crippen LogP contribution in [0.5, 0.6) is 17.8 Å². The van der Waals surface area contributed by atoms with Crippen LogP contribution in [0, 0.1) is 18.7 Å². The van der Waals surface area contributed by atoms with Crippen molar-refractivity contribution in [3.63, 3.8) is 0 Å². The van der Waals surface area contributed by atoms with Gasteiger partial charge in [-0.15, -0.1) is 0 Å². The largest absolute Gasteiger partial charge is 0.476 e. The summed E-state index contributed by atoms with van der Waals surface area (Å²) >= 11 is 0. The van der Waals surface area contributed by atoms with Crippen molar-refractivity contribution in [3.8, 4) is 29.2 Å². The zero-order chi connectivity index (χ0) is 20.0. The number of nitrogens with zero attached hydrogens (tertiary/aromatic N) is 5. The molecule has 8 nitrogen and oxygen atoms in total. The van der Waals surface area contributed by atoms with Gasteiger partial charge in [-0.05, 0) is 43.9 Å². The third-order valence-corrected chi connectivity index (χ3v) is 4.59. The fourth-order valence-electron chi connectivity index (χ4n) is 2.93. The van der Waals surface area contributed by atoms with E-state index < -0.39 is 0 Å². The predicted molar refractivity (Wildman–Crippen MR) is 101 cm³/mol. The number of benzene rings is 1. The lowest BCUT2D eigenvalue weighted by molar-refractivity contribution is 0.285. The zero-order valence-electron chi connectivity index (χ0n) is 15.9. The minimum absolute atomic E-state index is 0.0632. The summed E-state index contributed by atoms with van der Waals surface area (Å²) in [6.45, 7) is 2.40. The summed E-state index contributed by atoms with van der Waals surface area (Å²) in [4.78, 5) is 13.1. The van der Waals surface area contributed by atoms with Crippen LogP contribution in [0.3, 0.4) is 0 Å². The lowest BCUT2D eigenvalue weighted by atomic mass is 10.2. The average molecular weight is 395 g/mol. The Morgan fingerprint density at radius 1 is 1.21 bits per heavy atom. The number of halogens is 1. The Balaban J connectivity index is 1.56. The van der Waals surface area contributed by atoms with Crippen molar-refractivity contribution in [2.75, 3.05) is 6.61 Å². The molecule has 9 heteroatoms. The normalized spacial score (nSPS) is 13.8. The van der Waals surface area contributed by atoms with Crippen molar-refractivity contribution in [3.05, 3.63) is 41.8 Å². The molecule has 0 radical (unpaired) electrons. The zero-order valence-corrected chi connectivity index (χ0v) is 15.9. The second kappa shape index (κ2) is 6.84. The van der Waals surface area contributed by atoms with Gasteiger partial charge in [-0.3, -0.25) is 0 Å². The maximum absolute atomic E-state index is 13.6. The monoisotopic (exact) mass is 395 g/mol. The minimum Gasteiger partial charge on any atom is -0.476 e. The minimum atomic E-state index is -0.378. The fourth-order valence-corrected chi connectivity index (χ4v) is 2.93. The molecule has 4 aromatic rings. The Labute approximate surface area is 165 Å². The standard InChI is InChI=1S/C20H18FN5O3/c1-11-8-15(26(2)25-11)28-20-23-18(27-10-12-6-7-12)16-19(24-20)29-17(22-16)13-4-3-5-14(21)9-13/h3-5,8-9,12H,6-7,10H2,1-2H3. The molecule has 1 aromatic carbocycles. The first-order chi connectivity index (χ1) is 14.0. The van der Waals surface area contributed by atoms with Crippen LogP contribution in [-0.4, -0.2) is 31.3 Å². The van der Waals surface area contributed by atoms with Gasteiger partial charge < -0.3 is 13.9 Å². The van der Waals surface area contributed by atoms with Gasteiger partial charge in [0.25, 0.3) is 11.6 Å². The summed E-state index contributed by atoms with van der Waals surface area (Å²) in [6.07, 6.45) is 2.28. The molecule has 1 saturated carbocycles. The van der Waals surface area contributed by atoms with Crippen LogP contribution in [0.1, 0.15) is 18.5 Å². The average Bonchev–Trinajstić information content (AvgIpc) is 3.33. The van der Waals surface area contributed by atoms with E-state index in [0.29, 0.717) is 29.5 Å². The molecule has 0 amide bonds. The van der Waals surface area contributed by atoms with Crippen molar-refractivity contribution in [1.29, 1.82) is 0 Å². The molecule has 0 bridgehead atoms. The van der Waals surface area contributed by atoms with Gasteiger partial charge in [0.1, 0.15) is 5.82 Å². The molecule has 0 spiro atoms. The van der Waals surface area contributed by atoms with Crippen molar-refractivity contribution in [2.45, 2.75) is 19.8 Å². The highest BCUT2D eigenvalue weighted by Crippen LogP contribution is 2.34. The van der Waals surface area contributed by atoms with Gasteiger partial charge in [0.2, 0.25) is 11.8 Å². The van der Waals surface area contributed by atoms with Crippen molar-refractivity contribution in [1.82, 2.24) is 24.7 Å². The van der Waals surface area contributed by atoms with Gasteiger partial charge in [-0.2, -0.15) is 15.1 Å². The van der Waals surface area contributed by atoms with E-state index in [9.17, 15) is 4.39 Å². The van der Waals surface area contributed by atoms with E-state index in [0.717, 1.165) is 18.5 Å². The fraction of sp³-hybridized carbons (Fsp3) is 0.300. The number of hydrogen-bond acceptors (Lipinski definition) is 7. The second-order valence-electron chi connectivity index (χ2n) is 7.10. The molecule has 1 aliphatic rings. The molecule has 1 aliphatic carbocycles. The van der Waals surface area contributed by atoms with Gasteiger partial charge in [-0.25, -0.2) is 14.1 Å². The SMILES string of the molecule is Cc1cc(Oc2nc(OCC3CC3)c3nc(-c4cccc(F)c4)oc3n2)n(C)n1. The van der Waals surface area contributed by atoms with E-state index in [-0.39, 0.29) is 29.3 Å². The van der Waals surface area contributed by atoms with Crippen LogP contribution in [0.25, 0.3) is 22.7 Å². The molecule has 0 saturated heterocycles. The quantitative estimate of drug-likeness (QED) is 0.487. The molecule has 148 valence electrons. The molecule has 0 aliphatic heterocycles. The number of aryl methyl sites for hydroxylation is 2. The summed E-state index contributed by atoms with van der Waals surface area (Å²) in [6, 6.07) is 7.85. The van der Waals surface area contributed by atoms with Gasteiger partial charge in [0.05, 0.1) is 12.3 Å². The summed E-state index contributed by atoms with van der Waals surface area (Å²) in [7, 11) is 1.77. The van der Waals surface area contributed by atoms with E-state index >= 15 is 0 Å². The van der Waals surface area contributed by atoms with Crippen LogP contribution >= 0.6 is 0 Å². The summed E-state index contributed by atoms with van der Waals surface area (Å²) in [5.41, 5.74) is 1.89. The topological polar surface area (TPSA) is 88.1 Å². The van der Waals surface area contributed by atoms with Crippen molar-refractivity contribution >= 4 is 11.2 Å². The Hall–Kier alpha value is -3.49. The Morgan fingerprint density at radius 3 is 2.79 bits per heavy atom. The molecule has 3 aromatic heterocycles. The molecule has 0 N–H and O–H groups in total. The van der Waals surface area contributed by atoms with Crippen molar-refractivity contribution < 1.29 is 18.3 Å². The van der Waals surface area contributed by atoms with Crippen LogP contribution in [0.2, 0.25) is 0 Å². The van der Waals surface area contributed by atoms with Gasteiger partial charge in [0, 0.05) is 18.7 Å². The maximum Gasteiger partial charge on any atom is 0.330 e. The number of aromatic nitrogens is 5. The number of rotatable bonds is 6. The smallest absolute Gasteiger partial charge is 0.330 e. The molecule has 0 atom stereocenters. The van der Waals surface area contributed by atoms with Crippen LogP contribution in [-0.2, 0) is 7.05 Å². The first-order valence-electron chi connectivity index (χ1n) is 9.31. The lowest BCUT2D eigenvalue weighted by Crippen LogP contribution is -2.04. The molecule has 29 heavy (non-hydrogen) atoms. The second-order valence-corrected chi connectivity index (χ2v) is 7.10. The Kier molecular flexibility index (Phi) is 4.15. The van der Waals surface area contributed by atoms with E-state index in [1.165, 1.54) is 12.1 Å². The summed E-state index contributed by atoms with van der Waals surface area (Å²) < 4.78 is 32.6. The first-order valence-corrected chi connectivity index (χ1v) is 9.31. The van der Waals surface area contributed by atoms with Crippen molar-refractivity contribution in [2.24, 2.45) is 13.0 Å². The van der Waals surface area contributed by atoms with E-state index in [2.05, 4.69) is 20.1 Å². The van der Waals surface area contributed by atoms with Gasteiger partial charge >= 0.3 is 6.01 Å². The van der Waals surface area contributed by atoms with Crippen LogP contribution in [0.15, 0.2) is 34.7 Å². The number of fused-ring (bicyclic) bond motifs is 1. The van der Waals surface area contributed by atoms with E-state index in [1.54, 1.807) is 29.9 Å². The molecule has 3 heterocycles. The maximum atomic E-state index is 13.6. The first kappa shape index (κ1) is 17.6. The summed E-state index contributed by atoms with van der Waals surface area (Å²) in [5, 5.41) is 4.25. The molecule has 5 rings (SSSR count). The predicted octanol–water partition coefficient (Wildman–Crippen LogP) is 4.05. The molecule has 0 unspecified atom stereocenters. The third-order valence-electron chi connectivity index (χ3n) is 4.59. The molecular weight excluding hydrogens is 377 g/mol. The van der Waals surface area contributed by atoms with Gasteiger partial charge in [-0.1, -0.05) is 6.07 Å². The Bertz CT molecular complexity index is 1200. The van der Waals surface area contributed by atoms with E-state index in [1.807, 2.05) is 6.92 Å². The summed E-state index contributed by atoms with van der Waals surface area (Å²) in [5.74, 6) is 1.15. The highest BCUT2D eigenvalue weighted by atomic mass is 19.1. The molecular formula is C20H18FN5O3. The van der Waals surface area contributed by atoms with Gasteiger partial charge in [0.15, 0.2) is 5.52 Å². The lowest BCUT2D eigenvalue weighted by Gasteiger charge is -2.07. The number of oxazole rings is 1. The van der Waals surface area contributed by atoms with Crippen LogP contribution in [0.4, 0.5) is 4.39 Å². The number of hydrogen-bond donors (Lipinski definition) is 0. The third kappa shape index (κ3) is 3.63.